The summed E-state index contributed by atoms with van der Waals surface area (Å²) < 4.78 is 5.75. The van der Waals surface area contributed by atoms with Crippen LogP contribution in [0.15, 0.2) is 78.9 Å². The Morgan fingerprint density at radius 2 is 1.39 bits per heavy atom. The molecule has 1 heterocycles. The largest absolute Gasteiger partial charge is 0.489 e. The van der Waals surface area contributed by atoms with E-state index in [2.05, 4.69) is 5.32 Å². The predicted octanol–water partition coefficient (Wildman–Crippen LogP) is 4.26. The average Bonchev–Trinajstić information content (AvgIpc) is 2.99. The molecule has 1 N–H and O–H groups in total. The van der Waals surface area contributed by atoms with Gasteiger partial charge in [-0.3, -0.25) is 9.59 Å². The van der Waals surface area contributed by atoms with Gasteiger partial charge in [-0.25, -0.2) is 4.90 Å². The SMILES string of the molecule is O=C1c2ccccc2C(=O)N1C(=S)Nc1ccc(OCc2ccccc2)cc1. The van der Waals surface area contributed by atoms with Crippen molar-refractivity contribution in [3.05, 3.63) is 95.6 Å². The molecular weight excluding hydrogens is 372 g/mol. The maximum absolute atomic E-state index is 12.5. The number of nitrogens with one attached hydrogen (secondary N) is 1. The average molecular weight is 388 g/mol. The molecule has 0 radical (unpaired) electrons. The molecular formula is C22H16N2O3S. The molecule has 1 aliphatic rings. The molecule has 1 aliphatic heterocycles. The van der Waals surface area contributed by atoms with Crippen LogP contribution in [0.1, 0.15) is 26.3 Å². The highest BCUT2D eigenvalue weighted by atomic mass is 32.1. The van der Waals surface area contributed by atoms with E-state index in [4.69, 9.17) is 17.0 Å². The molecule has 138 valence electrons. The van der Waals surface area contributed by atoms with Gasteiger partial charge in [0.2, 0.25) is 0 Å². The second-order valence-electron chi connectivity index (χ2n) is 6.22. The first-order valence-corrected chi connectivity index (χ1v) is 9.10. The Balaban J connectivity index is 1.40. The zero-order valence-electron chi connectivity index (χ0n) is 14.8. The number of carbonyl (C=O) groups is 2. The molecule has 28 heavy (non-hydrogen) atoms. The molecule has 3 aromatic carbocycles. The third kappa shape index (κ3) is 3.50. The van der Waals surface area contributed by atoms with Crippen LogP contribution in [-0.2, 0) is 6.61 Å². The maximum Gasteiger partial charge on any atom is 0.267 e. The number of imide groups is 1. The molecule has 4 rings (SSSR count). The van der Waals surface area contributed by atoms with E-state index in [0.29, 0.717) is 29.2 Å². The molecule has 0 fully saturated rings. The number of benzene rings is 3. The zero-order chi connectivity index (χ0) is 19.5. The number of carbonyl (C=O) groups excluding carboxylic acids is 2. The maximum atomic E-state index is 12.5. The lowest BCUT2D eigenvalue weighted by Crippen LogP contribution is -2.39. The predicted molar refractivity (Wildman–Crippen MR) is 110 cm³/mol. The third-order valence-corrected chi connectivity index (χ3v) is 4.64. The summed E-state index contributed by atoms with van der Waals surface area (Å²) in [6.07, 6.45) is 0. The van der Waals surface area contributed by atoms with Gasteiger partial charge in [-0.15, -0.1) is 0 Å². The first-order chi connectivity index (χ1) is 13.6. The summed E-state index contributed by atoms with van der Waals surface area (Å²) in [5.41, 5.74) is 2.47. The van der Waals surface area contributed by atoms with Crippen molar-refractivity contribution < 1.29 is 14.3 Å². The van der Waals surface area contributed by atoms with E-state index < -0.39 is 11.8 Å². The highest BCUT2D eigenvalue weighted by Crippen LogP contribution is 2.24. The van der Waals surface area contributed by atoms with Crippen LogP contribution in [0.4, 0.5) is 5.69 Å². The summed E-state index contributed by atoms with van der Waals surface area (Å²) in [6.45, 7) is 0.473. The Kier molecular flexibility index (Phi) is 4.87. The van der Waals surface area contributed by atoms with Crippen molar-refractivity contribution in [1.29, 1.82) is 0 Å². The third-order valence-electron chi connectivity index (χ3n) is 4.35. The molecule has 0 aliphatic carbocycles. The van der Waals surface area contributed by atoms with Gasteiger partial charge in [0.25, 0.3) is 11.8 Å². The van der Waals surface area contributed by atoms with Gasteiger partial charge < -0.3 is 10.1 Å². The lowest BCUT2D eigenvalue weighted by Gasteiger charge is -2.16. The first kappa shape index (κ1) is 17.9. The lowest BCUT2D eigenvalue weighted by atomic mass is 10.1. The van der Waals surface area contributed by atoms with E-state index in [9.17, 15) is 9.59 Å². The van der Waals surface area contributed by atoms with Gasteiger partial charge >= 0.3 is 0 Å². The van der Waals surface area contributed by atoms with Gasteiger partial charge in [-0.05, 0) is 54.2 Å². The number of amides is 2. The molecule has 0 saturated heterocycles. The first-order valence-electron chi connectivity index (χ1n) is 8.69. The van der Waals surface area contributed by atoms with Crippen LogP contribution in [0.5, 0.6) is 5.75 Å². The van der Waals surface area contributed by atoms with E-state index in [1.54, 1.807) is 48.5 Å². The fourth-order valence-corrected chi connectivity index (χ4v) is 3.21. The Morgan fingerprint density at radius 1 is 0.821 bits per heavy atom. The molecule has 0 saturated carbocycles. The van der Waals surface area contributed by atoms with Crippen LogP contribution in [0.3, 0.4) is 0 Å². The van der Waals surface area contributed by atoms with Crippen molar-refractivity contribution in [2.24, 2.45) is 0 Å². The van der Waals surface area contributed by atoms with Gasteiger partial charge in [0, 0.05) is 5.69 Å². The van der Waals surface area contributed by atoms with Crippen molar-refractivity contribution in [2.45, 2.75) is 6.61 Å². The van der Waals surface area contributed by atoms with Crippen molar-refractivity contribution in [1.82, 2.24) is 4.90 Å². The minimum atomic E-state index is -0.416. The number of nitrogens with zero attached hydrogens (tertiary/aromatic N) is 1. The monoisotopic (exact) mass is 388 g/mol. The highest BCUT2D eigenvalue weighted by molar-refractivity contribution is 7.80. The van der Waals surface area contributed by atoms with E-state index in [0.717, 1.165) is 10.5 Å². The highest BCUT2D eigenvalue weighted by Gasteiger charge is 2.37. The summed E-state index contributed by atoms with van der Waals surface area (Å²) >= 11 is 5.29. The van der Waals surface area contributed by atoms with Crippen molar-refractivity contribution >= 4 is 34.8 Å². The summed E-state index contributed by atoms with van der Waals surface area (Å²) in [5.74, 6) is -0.122. The molecule has 5 nitrogen and oxygen atoms in total. The smallest absolute Gasteiger partial charge is 0.267 e. The fraction of sp³-hybridized carbons (Fsp3) is 0.0455. The van der Waals surface area contributed by atoms with E-state index in [1.165, 1.54) is 0 Å². The molecule has 0 spiro atoms. The summed E-state index contributed by atoms with van der Waals surface area (Å²) in [4.78, 5) is 25.9. The molecule has 3 aromatic rings. The van der Waals surface area contributed by atoms with Crippen LogP contribution in [-0.4, -0.2) is 21.8 Å². The fourth-order valence-electron chi connectivity index (χ4n) is 2.93. The number of rotatable bonds is 4. The normalized spacial score (nSPS) is 12.6. The van der Waals surface area contributed by atoms with Crippen molar-refractivity contribution in [3.63, 3.8) is 0 Å². The van der Waals surface area contributed by atoms with Crippen LogP contribution >= 0.6 is 12.2 Å². The molecule has 0 aromatic heterocycles. The van der Waals surface area contributed by atoms with Gasteiger partial charge in [0.15, 0.2) is 5.11 Å². The Labute approximate surface area is 167 Å². The molecule has 0 bridgehead atoms. The lowest BCUT2D eigenvalue weighted by molar-refractivity contribution is 0.0751. The second kappa shape index (κ2) is 7.62. The Hall–Kier alpha value is -3.51. The zero-order valence-corrected chi connectivity index (χ0v) is 15.6. The van der Waals surface area contributed by atoms with E-state index in [1.807, 2.05) is 30.3 Å². The second-order valence-corrected chi connectivity index (χ2v) is 6.61. The van der Waals surface area contributed by atoms with Crippen LogP contribution in [0, 0.1) is 0 Å². The summed E-state index contributed by atoms with van der Waals surface area (Å²) in [6, 6.07) is 23.7. The van der Waals surface area contributed by atoms with Gasteiger partial charge in [0.1, 0.15) is 12.4 Å². The van der Waals surface area contributed by atoms with Gasteiger partial charge in [0.05, 0.1) is 11.1 Å². The molecule has 6 heteroatoms. The van der Waals surface area contributed by atoms with Crippen molar-refractivity contribution in [3.8, 4) is 5.75 Å². The van der Waals surface area contributed by atoms with Gasteiger partial charge in [-0.1, -0.05) is 42.5 Å². The Morgan fingerprint density at radius 3 is 2.00 bits per heavy atom. The van der Waals surface area contributed by atoms with E-state index >= 15 is 0 Å². The molecule has 0 atom stereocenters. The summed E-state index contributed by atoms with van der Waals surface area (Å²) in [5, 5.41) is 2.99. The number of fused-ring (bicyclic) bond motifs is 1. The molecule has 0 unspecified atom stereocenters. The number of anilines is 1. The minimum Gasteiger partial charge on any atom is -0.489 e. The number of hydrogen-bond donors (Lipinski definition) is 1. The minimum absolute atomic E-state index is 0.0455. The number of thiocarbonyl (C=S) groups is 1. The van der Waals surface area contributed by atoms with Crippen LogP contribution < -0.4 is 10.1 Å². The Bertz CT molecular complexity index is 1010. The summed E-state index contributed by atoms with van der Waals surface area (Å²) in [7, 11) is 0. The van der Waals surface area contributed by atoms with Crippen LogP contribution in [0.25, 0.3) is 0 Å². The quantitative estimate of drug-likeness (QED) is 0.535. The topological polar surface area (TPSA) is 58.6 Å². The van der Waals surface area contributed by atoms with Crippen molar-refractivity contribution in [2.75, 3.05) is 5.32 Å². The van der Waals surface area contributed by atoms with Gasteiger partial charge in [-0.2, -0.15) is 0 Å². The number of ether oxygens (including phenoxy) is 1. The van der Waals surface area contributed by atoms with E-state index in [-0.39, 0.29) is 5.11 Å². The molecule has 2 amide bonds. The number of hydrogen-bond acceptors (Lipinski definition) is 4. The van der Waals surface area contributed by atoms with Crippen LogP contribution in [0.2, 0.25) is 0 Å². The standard InChI is InChI=1S/C22H16N2O3S/c25-20-18-8-4-5-9-19(18)21(26)24(20)22(28)23-16-10-12-17(13-11-16)27-14-15-6-2-1-3-7-15/h1-13H,14H2,(H,23,28).